The van der Waals surface area contributed by atoms with Crippen LogP contribution in [0.1, 0.15) is 0 Å². The van der Waals surface area contributed by atoms with Crippen LogP contribution in [0.5, 0.6) is 0 Å². The van der Waals surface area contributed by atoms with Crippen LogP contribution in [0.4, 0.5) is 0 Å². The molecular weight excluding hydrogens is 753 g/mol. The second-order valence-electron chi connectivity index (χ2n) is 15.5. The molecule has 0 N–H and O–H groups in total. The third-order valence-electron chi connectivity index (χ3n) is 11.5. The molecule has 0 bridgehead atoms. The minimum atomic E-state index is 0.674. The van der Waals surface area contributed by atoms with Gasteiger partial charge in [-0.05, 0) is 63.7 Å². The van der Waals surface area contributed by atoms with Crippen LogP contribution in [0, 0.1) is 0 Å². The fraction of sp³-hybridized carbons (Fsp3) is 0. The third-order valence-corrected chi connectivity index (χ3v) is 11.5. The Balaban J connectivity index is 1.02. The molecule has 0 saturated heterocycles. The van der Waals surface area contributed by atoms with Crippen molar-refractivity contribution in [3.8, 4) is 89.8 Å². The largest absolute Gasteiger partial charge is 0.245 e. The van der Waals surface area contributed by atoms with Crippen molar-refractivity contribution in [2.24, 2.45) is 0 Å². The first-order valence-electron chi connectivity index (χ1n) is 20.9. The predicted molar refractivity (Wildman–Crippen MR) is 256 cm³/mol. The van der Waals surface area contributed by atoms with Crippen LogP contribution in [-0.4, -0.2) is 19.9 Å². The van der Waals surface area contributed by atoms with Crippen molar-refractivity contribution in [3.63, 3.8) is 0 Å². The van der Waals surface area contributed by atoms with E-state index in [0.717, 1.165) is 94.7 Å². The highest BCUT2D eigenvalue weighted by Gasteiger charge is 2.16. The minimum Gasteiger partial charge on any atom is -0.245 e. The maximum Gasteiger partial charge on any atom is 0.160 e. The fourth-order valence-corrected chi connectivity index (χ4v) is 8.29. The van der Waals surface area contributed by atoms with Crippen molar-refractivity contribution in [1.29, 1.82) is 0 Å². The molecule has 11 rings (SSSR count). The molecule has 290 valence electrons. The minimum absolute atomic E-state index is 0.674. The lowest BCUT2D eigenvalue weighted by atomic mass is 9.94. The van der Waals surface area contributed by atoms with Crippen molar-refractivity contribution in [3.05, 3.63) is 231 Å². The first-order valence-corrected chi connectivity index (χ1v) is 20.9. The normalized spacial score (nSPS) is 11.2. The standard InChI is InChI=1S/C58H38N4/c1-5-15-39(16-6-1)40-27-29-44(30-28-40)55-38-54(43-21-11-4-12-22-43)61-58(62-55)49-26-14-24-47(36-49)46-23-13-25-48(35-46)51-37-53(42-19-9-3-10-20-42)60-57-50(51)33-31-45-32-34-52(59-56(45)57)41-17-7-2-8-18-41/h1-38H. The van der Waals surface area contributed by atoms with Crippen LogP contribution in [-0.2, 0) is 0 Å². The quantitative estimate of drug-likeness (QED) is 0.144. The SMILES string of the molecule is c1ccc(-c2ccc(-c3cc(-c4ccccc4)nc(-c4cccc(-c5cccc(-c6cc(-c7ccccc7)nc7c6ccc6ccc(-c8ccccc8)nc67)c5)c4)n3)cc2)cc1. The molecule has 4 heteroatoms. The van der Waals surface area contributed by atoms with Gasteiger partial charge in [-0.3, -0.25) is 0 Å². The van der Waals surface area contributed by atoms with Crippen LogP contribution < -0.4 is 0 Å². The Morgan fingerprint density at radius 3 is 1.26 bits per heavy atom. The third kappa shape index (κ3) is 7.20. The van der Waals surface area contributed by atoms with Crippen LogP contribution in [0.25, 0.3) is 112 Å². The van der Waals surface area contributed by atoms with E-state index in [1.165, 1.54) is 11.1 Å². The van der Waals surface area contributed by atoms with E-state index in [2.05, 4.69) is 206 Å². The molecule has 0 unspecified atom stereocenters. The molecule has 0 fully saturated rings. The molecule has 3 aromatic heterocycles. The lowest BCUT2D eigenvalue weighted by Gasteiger charge is -2.14. The van der Waals surface area contributed by atoms with Gasteiger partial charge in [0, 0.05) is 38.6 Å². The molecule has 0 aliphatic rings. The molecule has 62 heavy (non-hydrogen) atoms. The summed E-state index contributed by atoms with van der Waals surface area (Å²) in [4.78, 5) is 20.9. The number of aromatic nitrogens is 4. The van der Waals surface area contributed by atoms with E-state index in [4.69, 9.17) is 19.9 Å². The summed E-state index contributed by atoms with van der Waals surface area (Å²) in [5.74, 6) is 0.674. The lowest BCUT2D eigenvalue weighted by Crippen LogP contribution is -1.96. The Kier molecular flexibility index (Phi) is 9.49. The lowest BCUT2D eigenvalue weighted by molar-refractivity contribution is 1.18. The second-order valence-corrected chi connectivity index (χ2v) is 15.5. The first kappa shape index (κ1) is 36.7. The molecule has 4 nitrogen and oxygen atoms in total. The maximum atomic E-state index is 5.32. The molecule has 11 aromatic rings. The van der Waals surface area contributed by atoms with E-state index >= 15 is 0 Å². The van der Waals surface area contributed by atoms with Gasteiger partial charge in [-0.25, -0.2) is 19.9 Å². The number of hydrogen-bond donors (Lipinski definition) is 0. The number of rotatable bonds is 8. The Hall–Kier alpha value is -8.34. The maximum absolute atomic E-state index is 5.32. The van der Waals surface area contributed by atoms with Gasteiger partial charge in [-0.15, -0.1) is 0 Å². The first-order chi connectivity index (χ1) is 30.7. The van der Waals surface area contributed by atoms with Crippen LogP contribution in [0.3, 0.4) is 0 Å². The van der Waals surface area contributed by atoms with Gasteiger partial charge in [0.15, 0.2) is 5.82 Å². The molecule has 0 radical (unpaired) electrons. The monoisotopic (exact) mass is 790 g/mol. The molecule has 0 aliphatic carbocycles. The molecule has 0 atom stereocenters. The Labute approximate surface area is 360 Å². The van der Waals surface area contributed by atoms with Gasteiger partial charge in [-0.2, -0.15) is 0 Å². The molecule has 3 heterocycles. The average molecular weight is 791 g/mol. The second kappa shape index (κ2) is 16.0. The summed E-state index contributed by atoms with van der Waals surface area (Å²) < 4.78 is 0. The van der Waals surface area contributed by atoms with Gasteiger partial charge < -0.3 is 0 Å². The molecule has 0 saturated carbocycles. The smallest absolute Gasteiger partial charge is 0.160 e. The zero-order valence-corrected chi connectivity index (χ0v) is 33.7. The van der Waals surface area contributed by atoms with Crippen molar-refractivity contribution in [1.82, 2.24) is 19.9 Å². The topological polar surface area (TPSA) is 51.6 Å². The van der Waals surface area contributed by atoms with Gasteiger partial charge >= 0.3 is 0 Å². The number of pyridine rings is 2. The summed E-state index contributed by atoms with van der Waals surface area (Å²) in [6, 6.07) is 80.4. The number of nitrogens with zero attached hydrogens (tertiary/aromatic N) is 4. The van der Waals surface area contributed by atoms with Gasteiger partial charge in [0.05, 0.1) is 33.8 Å². The zero-order valence-electron chi connectivity index (χ0n) is 33.7. The number of fused-ring (bicyclic) bond motifs is 3. The van der Waals surface area contributed by atoms with Crippen molar-refractivity contribution in [2.75, 3.05) is 0 Å². The number of benzene rings is 8. The highest BCUT2D eigenvalue weighted by molar-refractivity contribution is 6.10. The molecular formula is C58H38N4. The Morgan fingerprint density at radius 2 is 0.645 bits per heavy atom. The van der Waals surface area contributed by atoms with Gasteiger partial charge in [0.1, 0.15) is 0 Å². The number of hydrogen-bond acceptors (Lipinski definition) is 4. The average Bonchev–Trinajstić information content (AvgIpc) is 3.37. The van der Waals surface area contributed by atoms with Crippen LogP contribution in [0.2, 0.25) is 0 Å². The highest BCUT2D eigenvalue weighted by Crippen LogP contribution is 2.38. The van der Waals surface area contributed by atoms with E-state index in [0.29, 0.717) is 5.82 Å². The van der Waals surface area contributed by atoms with Gasteiger partial charge in [0.25, 0.3) is 0 Å². The summed E-state index contributed by atoms with van der Waals surface area (Å²) in [7, 11) is 0. The van der Waals surface area contributed by atoms with Crippen molar-refractivity contribution >= 4 is 21.8 Å². The van der Waals surface area contributed by atoms with Crippen LogP contribution >= 0.6 is 0 Å². The van der Waals surface area contributed by atoms with Crippen molar-refractivity contribution in [2.45, 2.75) is 0 Å². The summed E-state index contributed by atoms with van der Waals surface area (Å²) in [6.45, 7) is 0. The van der Waals surface area contributed by atoms with Crippen LogP contribution in [0.15, 0.2) is 231 Å². The fourth-order valence-electron chi connectivity index (χ4n) is 8.29. The van der Waals surface area contributed by atoms with Gasteiger partial charge in [0.2, 0.25) is 0 Å². The Bertz CT molecular complexity index is 3370. The summed E-state index contributed by atoms with van der Waals surface area (Å²) in [5.41, 5.74) is 17.2. The van der Waals surface area contributed by atoms with Crippen molar-refractivity contribution < 1.29 is 0 Å². The summed E-state index contributed by atoms with van der Waals surface area (Å²) in [5, 5.41) is 2.11. The molecule has 8 aromatic carbocycles. The van der Waals surface area contributed by atoms with E-state index in [1.807, 2.05) is 24.3 Å². The Morgan fingerprint density at radius 1 is 0.226 bits per heavy atom. The van der Waals surface area contributed by atoms with E-state index in [-0.39, 0.29) is 0 Å². The molecule has 0 spiro atoms. The summed E-state index contributed by atoms with van der Waals surface area (Å²) >= 11 is 0. The molecule has 0 amide bonds. The van der Waals surface area contributed by atoms with E-state index in [1.54, 1.807) is 0 Å². The van der Waals surface area contributed by atoms with E-state index < -0.39 is 0 Å². The molecule has 0 aliphatic heterocycles. The van der Waals surface area contributed by atoms with E-state index in [9.17, 15) is 0 Å². The van der Waals surface area contributed by atoms with Gasteiger partial charge in [-0.1, -0.05) is 200 Å². The highest BCUT2D eigenvalue weighted by atomic mass is 14.9. The summed E-state index contributed by atoms with van der Waals surface area (Å²) in [6.07, 6.45) is 0. The zero-order chi connectivity index (χ0) is 41.2. The predicted octanol–water partition coefficient (Wildman–Crippen LogP) is 14.9.